The fourth-order valence-electron chi connectivity index (χ4n) is 3.66. The molecular formula is C28H45NO6. The smallest absolute Gasteiger partial charge is 0.306 e. The van der Waals surface area contributed by atoms with Crippen LogP contribution in [0.15, 0.2) is 30.4 Å². The topological polar surface area (TPSA) is 105 Å². The maximum Gasteiger partial charge on any atom is 0.306 e. The molecule has 0 saturated heterocycles. The molecule has 198 valence electrons. The van der Waals surface area contributed by atoms with Gasteiger partial charge in [-0.25, -0.2) is 0 Å². The number of aliphatic hydroxyl groups is 1. The van der Waals surface area contributed by atoms with Crippen LogP contribution in [0.1, 0.15) is 96.0 Å². The van der Waals surface area contributed by atoms with Crippen molar-refractivity contribution in [3.63, 3.8) is 0 Å². The SMILES string of the molecule is CCCCCC[C@@H](O)C/C=C\CCCCCCCC(=O)OCC(=O)NCc1ccc(O)c(OC)c1. The number of allylic oxidation sites excluding steroid dienone is 1. The first-order valence-corrected chi connectivity index (χ1v) is 13.1. The molecule has 3 N–H and O–H groups in total. The molecule has 0 heterocycles. The Morgan fingerprint density at radius 1 is 1.03 bits per heavy atom. The molecule has 0 aliphatic rings. The van der Waals surface area contributed by atoms with Crippen molar-refractivity contribution in [1.29, 1.82) is 0 Å². The zero-order valence-corrected chi connectivity index (χ0v) is 21.6. The van der Waals surface area contributed by atoms with E-state index in [-0.39, 0.29) is 36.9 Å². The van der Waals surface area contributed by atoms with Gasteiger partial charge in [0.2, 0.25) is 0 Å². The van der Waals surface area contributed by atoms with E-state index in [1.54, 1.807) is 12.1 Å². The number of aliphatic hydroxyl groups excluding tert-OH is 1. The minimum absolute atomic E-state index is 0.0351. The fourth-order valence-corrected chi connectivity index (χ4v) is 3.66. The van der Waals surface area contributed by atoms with Gasteiger partial charge in [-0.05, 0) is 49.8 Å². The number of carbonyl (C=O) groups is 2. The molecule has 1 atom stereocenters. The lowest BCUT2D eigenvalue weighted by Gasteiger charge is -2.09. The second kappa shape index (κ2) is 19.7. The largest absolute Gasteiger partial charge is 0.504 e. The Bertz CT molecular complexity index is 749. The molecule has 0 aromatic heterocycles. The number of esters is 1. The van der Waals surface area contributed by atoms with E-state index in [0.29, 0.717) is 12.2 Å². The van der Waals surface area contributed by atoms with E-state index in [4.69, 9.17) is 9.47 Å². The molecule has 1 aromatic rings. The number of aromatic hydroxyl groups is 1. The van der Waals surface area contributed by atoms with Gasteiger partial charge in [-0.15, -0.1) is 0 Å². The van der Waals surface area contributed by atoms with Gasteiger partial charge in [0.15, 0.2) is 18.1 Å². The Balaban J connectivity index is 1.98. The predicted molar refractivity (Wildman–Crippen MR) is 138 cm³/mol. The van der Waals surface area contributed by atoms with Crippen LogP contribution in [0, 0.1) is 0 Å². The molecule has 0 fully saturated rings. The molecule has 0 aliphatic carbocycles. The van der Waals surface area contributed by atoms with Crippen molar-refractivity contribution in [2.24, 2.45) is 0 Å². The van der Waals surface area contributed by atoms with Crippen LogP contribution in [0.25, 0.3) is 0 Å². The van der Waals surface area contributed by atoms with Crippen LogP contribution in [0.3, 0.4) is 0 Å². The summed E-state index contributed by atoms with van der Waals surface area (Å²) < 4.78 is 10.1. The summed E-state index contributed by atoms with van der Waals surface area (Å²) >= 11 is 0. The van der Waals surface area contributed by atoms with E-state index in [9.17, 15) is 19.8 Å². The summed E-state index contributed by atoms with van der Waals surface area (Å²) in [6.07, 6.45) is 16.8. The van der Waals surface area contributed by atoms with Crippen LogP contribution in [0.5, 0.6) is 11.5 Å². The molecule has 1 aromatic carbocycles. The van der Waals surface area contributed by atoms with Crippen molar-refractivity contribution < 1.29 is 29.3 Å². The van der Waals surface area contributed by atoms with E-state index >= 15 is 0 Å². The Kier molecular flexibility index (Phi) is 17.2. The third-order valence-electron chi connectivity index (χ3n) is 5.82. The number of benzene rings is 1. The number of carbonyl (C=O) groups excluding carboxylic acids is 2. The lowest BCUT2D eigenvalue weighted by Crippen LogP contribution is -2.28. The molecule has 0 spiro atoms. The lowest BCUT2D eigenvalue weighted by molar-refractivity contribution is -0.148. The van der Waals surface area contributed by atoms with Gasteiger partial charge in [-0.3, -0.25) is 9.59 Å². The molecule has 1 rings (SSSR count). The van der Waals surface area contributed by atoms with Crippen molar-refractivity contribution in [3.8, 4) is 11.5 Å². The van der Waals surface area contributed by atoms with Crippen LogP contribution in [-0.2, 0) is 20.9 Å². The summed E-state index contributed by atoms with van der Waals surface area (Å²) in [5, 5.41) is 22.2. The standard InChI is InChI=1S/C28H45NO6/c1-3-4-5-12-15-24(30)16-13-10-8-6-7-9-11-14-17-28(33)35-22-27(32)29-21-23-18-19-25(31)26(20-23)34-2/h10,13,18-20,24,30-31H,3-9,11-12,14-17,21-22H2,1-2H3,(H,29,32)/b13-10-/t24-/m1/s1. The highest BCUT2D eigenvalue weighted by atomic mass is 16.5. The summed E-state index contributed by atoms with van der Waals surface area (Å²) in [5.41, 5.74) is 0.769. The predicted octanol–water partition coefficient (Wildman–Crippen LogP) is 5.57. The van der Waals surface area contributed by atoms with E-state index in [0.717, 1.165) is 63.4 Å². The van der Waals surface area contributed by atoms with Crippen molar-refractivity contribution in [2.75, 3.05) is 13.7 Å². The minimum atomic E-state index is -0.373. The minimum Gasteiger partial charge on any atom is -0.504 e. The molecule has 7 nitrogen and oxygen atoms in total. The quantitative estimate of drug-likeness (QED) is 0.125. The van der Waals surface area contributed by atoms with Crippen LogP contribution >= 0.6 is 0 Å². The molecule has 0 radical (unpaired) electrons. The van der Waals surface area contributed by atoms with Crippen LogP contribution in [-0.4, -0.2) is 41.9 Å². The van der Waals surface area contributed by atoms with Gasteiger partial charge >= 0.3 is 5.97 Å². The number of ether oxygens (including phenoxy) is 2. The van der Waals surface area contributed by atoms with Crippen LogP contribution in [0.2, 0.25) is 0 Å². The molecule has 0 bridgehead atoms. The average molecular weight is 492 g/mol. The summed E-state index contributed by atoms with van der Waals surface area (Å²) in [5.74, 6) is -0.360. The third-order valence-corrected chi connectivity index (χ3v) is 5.82. The van der Waals surface area contributed by atoms with Crippen molar-refractivity contribution >= 4 is 11.9 Å². The summed E-state index contributed by atoms with van der Waals surface area (Å²) in [6.45, 7) is 2.15. The van der Waals surface area contributed by atoms with E-state index < -0.39 is 0 Å². The van der Waals surface area contributed by atoms with Gasteiger partial charge in [0, 0.05) is 13.0 Å². The van der Waals surface area contributed by atoms with Gasteiger partial charge in [0.05, 0.1) is 13.2 Å². The summed E-state index contributed by atoms with van der Waals surface area (Å²) in [7, 11) is 1.46. The normalized spacial score (nSPS) is 12.0. The van der Waals surface area contributed by atoms with E-state index in [1.807, 2.05) is 0 Å². The Hall–Kier alpha value is -2.54. The number of hydrogen-bond acceptors (Lipinski definition) is 6. The average Bonchev–Trinajstić information content (AvgIpc) is 2.85. The highest BCUT2D eigenvalue weighted by Gasteiger charge is 2.08. The molecule has 0 saturated carbocycles. The number of nitrogens with one attached hydrogen (secondary N) is 1. The van der Waals surface area contributed by atoms with Crippen molar-refractivity contribution in [2.45, 2.75) is 103 Å². The number of hydrogen-bond donors (Lipinski definition) is 3. The Morgan fingerprint density at radius 3 is 2.54 bits per heavy atom. The van der Waals surface area contributed by atoms with E-state index in [1.165, 1.54) is 32.4 Å². The summed E-state index contributed by atoms with van der Waals surface area (Å²) in [4.78, 5) is 23.7. The third kappa shape index (κ3) is 15.9. The van der Waals surface area contributed by atoms with Gasteiger partial charge in [-0.1, -0.05) is 70.1 Å². The second-order valence-electron chi connectivity index (χ2n) is 8.96. The first-order valence-electron chi connectivity index (χ1n) is 13.1. The van der Waals surface area contributed by atoms with Crippen molar-refractivity contribution in [1.82, 2.24) is 5.32 Å². The number of rotatable bonds is 20. The number of phenolic OH excluding ortho intramolecular Hbond substituents is 1. The van der Waals surface area contributed by atoms with Crippen LogP contribution < -0.4 is 10.1 Å². The van der Waals surface area contributed by atoms with Crippen molar-refractivity contribution in [3.05, 3.63) is 35.9 Å². The first-order chi connectivity index (χ1) is 17.0. The highest BCUT2D eigenvalue weighted by Crippen LogP contribution is 2.26. The van der Waals surface area contributed by atoms with Gasteiger partial charge in [0.25, 0.3) is 5.91 Å². The fraction of sp³-hybridized carbons (Fsp3) is 0.643. The van der Waals surface area contributed by atoms with Gasteiger partial charge in [-0.2, -0.15) is 0 Å². The summed E-state index contributed by atoms with van der Waals surface area (Å²) in [6, 6.07) is 4.82. The number of amides is 1. The molecule has 35 heavy (non-hydrogen) atoms. The maximum atomic E-state index is 11.9. The zero-order valence-electron chi connectivity index (χ0n) is 21.6. The number of unbranched alkanes of at least 4 members (excludes halogenated alkanes) is 8. The molecule has 1 amide bonds. The van der Waals surface area contributed by atoms with Crippen LogP contribution in [0.4, 0.5) is 0 Å². The second-order valence-corrected chi connectivity index (χ2v) is 8.96. The van der Waals surface area contributed by atoms with E-state index in [2.05, 4.69) is 24.4 Å². The Labute approximate surface area is 210 Å². The monoisotopic (exact) mass is 491 g/mol. The number of methoxy groups -OCH3 is 1. The molecule has 7 heteroatoms. The first kappa shape index (κ1) is 30.5. The zero-order chi connectivity index (χ0) is 25.7. The maximum absolute atomic E-state index is 11.9. The van der Waals surface area contributed by atoms with Gasteiger partial charge < -0.3 is 25.0 Å². The number of phenols is 1. The Morgan fingerprint density at radius 2 is 1.77 bits per heavy atom. The molecule has 0 unspecified atom stereocenters. The molecule has 0 aliphatic heterocycles. The van der Waals surface area contributed by atoms with Gasteiger partial charge in [0.1, 0.15) is 0 Å². The lowest BCUT2D eigenvalue weighted by atomic mass is 10.1. The molecular weight excluding hydrogens is 446 g/mol. The highest BCUT2D eigenvalue weighted by molar-refractivity contribution is 5.80.